The third-order valence-corrected chi connectivity index (χ3v) is 6.16. The van der Waals surface area contributed by atoms with Crippen molar-refractivity contribution < 1.29 is 28.0 Å². The lowest BCUT2D eigenvalue weighted by atomic mass is 9.98. The topological polar surface area (TPSA) is 81.0 Å². The Hall–Kier alpha value is -3.23. The fourth-order valence-electron chi connectivity index (χ4n) is 4.08. The number of fused-ring (bicyclic) bond motifs is 1. The molecule has 1 fully saturated rings. The summed E-state index contributed by atoms with van der Waals surface area (Å²) in [4.78, 5) is 29.8. The van der Waals surface area contributed by atoms with E-state index in [0.717, 1.165) is 24.0 Å². The molecule has 1 aliphatic heterocycles. The fraction of sp³-hybridized carbons (Fsp3) is 0.407. The Labute approximate surface area is 204 Å². The lowest BCUT2D eigenvalue weighted by Crippen LogP contribution is -2.44. The zero-order valence-electron chi connectivity index (χ0n) is 20.5. The summed E-state index contributed by atoms with van der Waals surface area (Å²) in [5, 5.41) is 6.36. The number of hydrogen-bond donors (Lipinski definition) is 1. The largest absolute Gasteiger partial charge is 0.465 e. The van der Waals surface area contributed by atoms with Gasteiger partial charge in [0.25, 0.3) is 0 Å². The molecule has 1 saturated heterocycles. The molecule has 0 unspecified atom stereocenters. The van der Waals surface area contributed by atoms with Gasteiger partial charge in [0.05, 0.1) is 24.4 Å². The lowest BCUT2D eigenvalue weighted by molar-refractivity contribution is -0.204. The third-order valence-electron chi connectivity index (χ3n) is 6.16. The maximum absolute atomic E-state index is 13.9. The molecule has 1 aliphatic rings. The summed E-state index contributed by atoms with van der Waals surface area (Å²) in [6.45, 7) is 7.65. The van der Waals surface area contributed by atoms with Crippen LogP contribution in [-0.4, -0.2) is 43.2 Å². The SMILES string of the molecule is COC(=O)c1cc(F)cc2coc(-c3ccc(CNC4CCN(OC(=O)C(C)(C)C)CC4)cc3)c12. The number of rotatable bonds is 6. The summed E-state index contributed by atoms with van der Waals surface area (Å²) < 4.78 is 24.5. The molecule has 7 nitrogen and oxygen atoms in total. The van der Waals surface area contributed by atoms with Crippen LogP contribution in [0.25, 0.3) is 22.1 Å². The van der Waals surface area contributed by atoms with Crippen molar-refractivity contribution in [2.75, 3.05) is 20.2 Å². The minimum atomic E-state index is -0.614. The molecule has 1 N–H and O–H groups in total. The molecule has 0 spiro atoms. The molecule has 3 aromatic rings. The fourth-order valence-corrected chi connectivity index (χ4v) is 4.08. The molecule has 0 atom stereocenters. The molecule has 2 aromatic carbocycles. The van der Waals surface area contributed by atoms with Crippen LogP contribution in [0.1, 0.15) is 49.5 Å². The number of methoxy groups -OCH3 is 1. The zero-order chi connectivity index (χ0) is 25.2. The van der Waals surface area contributed by atoms with Crippen molar-refractivity contribution in [1.82, 2.24) is 10.4 Å². The van der Waals surface area contributed by atoms with Gasteiger partial charge in [-0.2, -0.15) is 0 Å². The summed E-state index contributed by atoms with van der Waals surface area (Å²) in [7, 11) is 1.27. The van der Waals surface area contributed by atoms with Crippen molar-refractivity contribution in [2.45, 2.75) is 46.2 Å². The van der Waals surface area contributed by atoms with Gasteiger partial charge in [0.1, 0.15) is 11.6 Å². The Morgan fingerprint density at radius 1 is 1.14 bits per heavy atom. The molecule has 35 heavy (non-hydrogen) atoms. The van der Waals surface area contributed by atoms with Crippen LogP contribution in [0.15, 0.2) is 47.1 Å². The van der Waals surface area contributed by atoms with Gasteiger partial charge in [-0.3, -0.25) is 0 Å². The highest BCUT2D eigenvalue weighted by Crippen LogP contribution is 2.34. The first-order valence-electron chi connectivity index (χ1n) is 11.7. The summed E-state index contributed by atoms with van der Waals surface area (Å²) in [5.74, 6) is -0.851. The number of carbonyl (C=O) groups excluding carboxylic acids is 2. The van der Waals surface area contributed by atoms with E-state index in [1.165, 1.54) is 25.5 Å². The highest BCUT2D eigenvalue weighted by Gasteiger charge is 2.28. The van der Waals surface area contributed by atoms with Crippen LogP contribution in [0.3, 0.4) is 0 Å². The first-order chi connectivity index (χ1) is 16.7. The maximum Gasteiger partial charge on any atom is 0.338 e. The second kappa shape index (κ2) is 10.2. The second-order valence-corrected chi connectivity index (χ2v) is 9.88. The number of carbonyl (C=O) groups is 2. The van der Waals surface area contributed by atoms with E-state index in [0.29, 0.717) is 42.2 Å². The van der Waals surface area contributed by atoms with E-state index in [2.05, 4.69) is 5.32 Å². The van der Waals surface area contributed by atoms with Crippen molar-refractivity contribution in [3.05, 3.63) is 59.6 Å². The zero-order valence-corrected chi connectivity index (χ0v) is 20.5. The quantitative estimate of drug-likeness (QED) is 0.491. The van der Waals surface area contributed by atoms with Gasteiger partial charge < -0.3 is 19.3 Å². The lowest BCUT2D eigenvalue weighted by Gasteiger charge is -2.32. The van der Waals surface area contributed by atoms with Crippen LogP contribution in [0.5, 0.6) is 0 Å². The van der Waals surface area contributed by atoms with Gasteiger partial charge in [-0.1, -0.05) is 24.3 Å². The van der Waals surface area contributed by atoms with E-state index in [1.54, 1.807) is 5.06 Å². The highest BCUT2D eigenvalue weighted by molar-refractivity contribution is 6.09. The molecule has 0 saturated carbocycles. The summed E-state index contributed by atoms with van der Waals surface area (Å²) in [6.07, 6.45) is 3.22. The van der Waals surface area contributed by atoms with E-state index in [9.17, 15) is 14.0 Å². The number of hydrogen-bond acceptors (Lipinski definition) is 7. The normalized spacial score (nSPS) is 15.3. The number of esters is 1. The van der Waals surface area contributed by atoms with Crippen LogP contribution in [0.2, 0.25) is 0 Å². The van der Waals surface area contributed by atoms with Gasteiger partial charge in [0, 0.05) is 42.0 Å². The molecule has 1 aromatic heterocycles. The first-order valence-corrected chi connectivity index (χ1v) is 11.7. The van der Waals surface area contributed by atoms with Gasteiger partial charge in [-0.05, 0) is 51.3 Å². The van der Waals surface area contributed by atoms with Crippen molar-refractivity contribution in [3.8, 4) is 11.3 Å². The number of hydroxylamine groups is 2. The summed E-state index contributed by atoms with van der Waals surface area (Å²) in [5.41, 5.74) is 1.51. The minimum Gasteiger partial charge on any atom is -0.465 e. The number of ether oxygens (including phenoxy) is 1. The first kappa shape index (κ1) is 24.9. The number of nitrogens with one attached hydrogen (secondary N) is 1. The molecule has 0 aliphatic carbocycles. The van der Waals surface area contributed by atoms with E-state index >= 15 is 0 Å². The van der Waals surface area contributed by atoms with E-state index < -0.39 is 17.2 Å². The number of piperidine rings is 1. The van der Waals surface area contributed by atoms with Crippen LogP contribution in [0, 0.1) is 11.2 Å². The Bertz CT molecular complexity index is 1200. The monoisotopic (exact) mass is 482 g/mol. The Balaban J connectivity index is 1.37. The van der Waals surface area contributed by atoms with Crippen LogP contribution in [-0.2, 0) is 20.9 Å². The third kappa shape index (κ3) is 5.71. The van der Waals surface area contributed by atoms with Gasteiger partial charge in [-0.15, -0.1) is 5.06 Å². The summed E-state index contributed by atoms with van der Waals surface area (Å²) in [6, 6.07) is 10.7. The Kier molecular flexibility index (Phi) is 7.23. The van der Waals surface area contributed by atoms with Crippen LogP contribution >= 0.6 is 0 Å². The average Bonchev–Trinajstić information content (AvgIpc) is 3.26. The minimum absolute atomic E-state index is 0.136. The van der Waals surface area contributed by atoms with Gasteiger partial charge in [0.2, 0.25) is 0 Å². The van der Waals surface area contributed by atoms with E-state index in [1.807, 2.05) is 45.0 Å². The molecule has 4 rings (SSSR count). The Morgan fingerprint density at radius 2 is 1.83 bits per heavy atom. The smallest absolute Gasteiger partial charge is 0.338 e. The molecular weight excluding hydrogens is 451 g/mol. The molecule has 186 valence electrons. The standard InChI is InChI=1S/C27H31FN2O5/c1-27(2,3)26(32)35-30-11-9-21(10-12-30)29-15-17-5-7-18(8-6-17)24-23-19(16-34-24)13-20(28)14-22(23)25(31)33-4/h5-8,13-14,16,21,29H,9-12,15H2,1-4H3. The number of benzene rings is 2. The Morgan fingerprint density at radius 3 is 2.46 bits per heavy atom. The van der Waals surface area contributed by atoms with E-state index in [4.69, 9.17) is 14.0 Å². The molecule has 0 amide bonds. The van der Waals surface area contributed by atoms with Crippen LogP contribution < -0.4 is 5.32 Å². The molecular formula is C27H31FN2O5. The average molecular weight is 483 g/mol. The molecule has 2 heterocycles. The van der Waals surface area contributed by atoms with Gasteiger partial charge in [0.15, 0.2) is 0 Å². The highest BCUT2D eigenvalue weighted by atomic mass is 19.1. The second-order valence-electron chi connectivity index (χ2n) is 9.88. The van der Waals surface area contributed by atoms with Crippen molar-refractivity contribution in [3.63, 3.8) is 0 Å². The predicted octanol–water partition coefficient (Wildman–Crippen LogP) is 5.08. The number of furan rings is 1. The predicted molar refractivity (Wildman–Crippen MR) is 130 cm³/mol. The van der Waals surface area contributed by atoms with Crippen molar-refractivity contribution >= 4 is 22.7 Å². The number of halogens is 1. The van der Waals surface area contributed by atoms with Crippen molar-refractivity contribution in [2.24, 2.45) is 5.41 Å². The van der Waals surface area contributed by atoms with Gasteiger partial charge >= 0.3 is 11.9 Å². The van der Waals surface area contributed by atoms with Gasteiger partial charge in [-0.25, -0.2) is 14.0 Å². The maximum atomic E-state index is 13.9. The molecule has 0 radical (unpaired) electrons. The molecule has 8 heteroatoms. The van der Waals surface area contributed by atoms with E-state index in [-0.39, 0.29) is 11.5 Å². The van der Waals surface area contributed by atoms with Crippen LogP contribution in [0.4, 0.5) is 4.39 Å². The number of nitrogens with zero attached hydrogens (tertiary/aromatic N) is 1. The van der Waals surface area contributed by atoms with Crippen molar-refractivity contribution in [1.29, 1.82) is 0 Å². The summed E-state index contributed by atoms with van der Waals surface area (Å²) >= 11 is 0. The molecule has 0 bridgehead atoms.